The molecule has 2 aromatic rings. The number of fused-ring (bicyclic) bond motifs is 2. The lowest BCUT2D eigenvalue weighted by atomic mass is 9.96. The Morgan fingerprint density at radius 1 is 1.12 bits per heavy atom. The molecule has 0 aliphatic carbocycles. The van der Waals surface area contributed by atoms with Crippen LogP contribution in [0.25, 0.3) is 0 Å². The third-order valence-electron chi connectivity index (χ3n) is 5.08. The second-order valence-corrected chi connectivity index (χ2v) is 8.45. The van der Waals surface area contributed by atoms with Crippen LogP contribution in [0.2, 0.25) is 0 Å². The molecule has 0 spiro atoms. The SMILES string of the molecule is COc1ccc2c(c1)Sc1ccc(SC)cc1C(N1CCNCC1)C2. The van der Waals surface area contributed by atoms with Crippen LogP contribution >= 0.6 is 23.5 Å². The predicted octanol–water partition coefficient (Wildman–Crippen LogP) is 4.07. The van der Waals surface area contributed by atoms with Gasteiger partial charge in [0.2, 0.25) is 0 Å². The third-order valence-corrected chi connectivity index (χ3v) is 6.99. The number of nitrogens with one attached hydrogen (secondary N) is 1. The highest BCUT2D eigenvalue weighted by Gasteiger charge is 2.28. The molecule has 0 amide bonds. The van der Waals surface area contributed by atoms with Gasteiger partial charge >= 0.3 is 0 Å². The molecule has 1 atom stereocenters. The fraction of sp³-hybridized carbons (Fsp3) is 0.400. The first-order valence-corrected chi connectivity index (χ1v) is 10.8. The molecule has 4 rings (SSSR count). The van der Waals surface area contributed by atoms with Gasteiger partial charge in [-0.1, -0.05) is 17.8 Å². The minimum atomic E-state index is 0.450. The first-order valence-electron chi connectivity index (χ1n) is 8.76. The minimum absolute atomic E-state index is 0.450. The molecular weight excluding hydrogens is 348 g/mol. The van der Waals surface area contributed by atoms with Crippen molar-refractivity contribution < 1.29 is 4.74 Å². The fourth-order valence-electron chi connectivity index (χ4n) is 3.69. The number of hydrogen-bond acceptors (Lipinski definition) is 5. The first-order chi connectivity index (χ1) is 12.3. The molecule has 5 heteroatoms. The van der Waals surface area contributed by atoms with Crippen molar-refractivity contribution in [3.05, 3.63) is 47.5 Å². The van der Waals surface area contributed by atoms with Crippen LogP contribution < -0.4 is 10.1 Å². The van der Waals surface area contributed by atoms with E-state index in [0.717, 1.165) is 38.3 Å². The Hall–Kier alpha value is -1.14. The Labute approximate surface area is 158 Å². The van der Waals surface area contributed by atoms with Gasteiger partial charge in [-0.05, 0) is 54.1 Å². The fourth-order valence-corrected chi connectivity index (χ4v) is 5.28. The molecule has 132 valence electrons. The zero-order valence-corrected chi connectivity index (χ0v) is 16.4. The summed E-state index contributed by atoms with van der Waals surface area (Å²) in [6.45, 7) is 4.39. The molecule has 3 nitrogen and oxygen atoms in total. The number of ether oxygens (including phenoxy) is 1. The van der Waals surface area contributed by atoms with Crippen molar-refractivity contribution in [3.8, 4) is 5.75 Å². The van der Waals surface area contributed by atoms with Crippen molar-refractivity contribution in [2.24, 2.45) is 0 Å². The number of thioether (sulfide) groups is 1. The van der Waals surface area contributed by atoms with Crippen LogP contribution in [0.4, 0.5) is 0 Å². The molecule has 2 heterocycles. The highest BCUT2D eigenvalue weighted by molar-refractivity contribution is 7.99. The van der Waals surface area contributed by atoms with E-state index in [9.17, 15) is 0 Å². The lowest BCUT2D eigenvalue weighted by Crippen LogP contribution is -2.45. The van der Waals surface area contributed by atoms with Crippen molar-refractivity contribution in [3.63, 3.8) is 0 Å². The van der Waals surface area contributed by atoms with E-state index in [1.165, 1.54) is 25.8 Å². The summed E-state index contributed by atoms with van der Waals surface area (Å²) in [5.74, 6) is 0.939. The highest BCUT2D eigenvalue weighted by Crippen LogP contribution is 2.44. The standard InChI is InChI=1S/C20H24N2OS2/c1-23-15-4-3-14-11-18(22-9-7-21-8-10-22)17-13-16(24-2)5-6-19(17)25-20(14)12-15/h3-6,12-13,18,21H,7-11H2,1-2H3. The second-order valence-electron chi connectivity index (χ2n) is 6.49. The maximum Gasteiger partial charge on any atom is 0.120 e. The number of piperazine rings is 1. The lowest BCUT2D eigenvalue weighted by Gasteiger charge is -2.35. The van der Waals surface area contributed by atoms with Crippen molar-refractivity contribution >= 4 is 23.5 Å². The second kappa shape index (κ2) is 7.62. The van der Waals surface area contributed by atoms with Crippen LogP contribution in [0, 0.1) is 0 Å². The molecular formula is C20H24N2OS2. The topological polar surface area (TPSA) is 24.5 Å². The van der Waals surface area contributed by atoms with Crippen LogP contribution in [-0.2, 0) is 6.42 Å². The number of methoxy groups -OCH3 is 1. The lowest BCUT2D eigenvalue weighted by molar-refractivity contribution is 0.170. The number of benzene rings is 2. The van der Waals surface area contributed by atoms with Gasteiger partial charge in [-0.3, -0.25) is 4.90 Å². The van der Waals surface area contributed by atoms with Crippen LogP contribution in [0.5, 0.6) is 5.75 Å². The van der Waals surface area contributed by atoms with Gasteiger partial charge < -0.3 is 10.1 Å². The number of rotatable bonds is 3. The Morgan fingerprint density at radius 2 is 1.96 bits per heavy atom. The maximum absolute atomic E-state index is 5.45. The van der Waals surface area contributed by atoms with Gasteiger partial charge in [-0.25, -0.2) is 0 Å². The smallest absolute Gasteiger partial charge is 0.120 e. The summed E-state index contributed by atoms with van der Waals surface area (Å²) in [6, 6.07) is 13.9. The van der Waals surface area contributed by atoms with Gasteiger partial charge in [-0.2, -0.15) is 0 Å². The summed E-state index contributed by atoms with van der Waals surface area (Å²) in [7, 11) is 1.74. The molecule has 1 unspecified atom stereocenters. The molecule has 1 saturated heterocycles. The molecule has 2 aliphatic rings. The van der Waals surface area contributed by atoms with E-state index < -0.39 is 0 Å². The summed E-state index contributed by atoms with van der Waals surface area (Å²) in [4.78, 5) is 6.71. The summed E-state index contributed by atoms with van der Waals surface area (Å²) in [5, 5.41) is 3.48. The van der Waals surface area contributed by atoms with Crippen LogP contribution in [-0.4, -0.2) is 44.4 Å². The quantitative estimate of drug-likeness (QED) is 0.819. The third kappa shape index (κ3) is 3.56. The van der Waals surface area contributed by atoms with E-state index in [-0.39, 0.29) is 0 Å². The van der Waals surface area contributed by atoms with Crippen molar-refractivity contribution in [2.75, 3.05) is 39.5 Å². The van der Waals surface area contributed by atoms with E-state index in [1.54, 1.807) is 7.11 Å². The van der Waals surface area contributed by atoms with Crippen LogP contribution in [0.15, 0.2) is 51.1 Å². The summed E-state index contributed by atoms with van der Waals surface area (Å²) in [6.07, 6.45) is 3.22. The molecule has 0 saturated carbocycles. The molecule has 0 aromatic heterocycles. The Balaban J connectivity index is 1.79. The molecule has 2 aromatic carbocycles. The van der Waals surface area contributed by atoms with Crippen LogP contribution in [0.3, 0.4) is 0 Å². The molecule has 1 N–H and O–H groups in total. The van der Waals surface area contributed by atoms with Gasteiger partial charge in [0, 0.05) is 46.9 Å². The average molecular weight is 373 g/mol. The Bertz CT molecular complexity index is 759. The van der Waals surface area contributed by atoms with Gasteiger partial charge in [-0.15, -0.1) is 11.8 Å². The normalized spacial score (nSPS) is 20.5. The zero-order valence-electron chi connectivity index (χ0n) is 14.7. The van der Waals surface area contributed by atoms with Crippen LogP contribution in [0.1, 0.15) is 17.2 Å². The minimum Gasteiger partial charge on any atom is -0.497 e. The van der Waals surface area contributed by atoms with E-state index in [0.29, 0.717) is 6.04 Å². The summed E-state index contributed by atoms with van der Waals surface area (Å²) in [5.41, 5.74) is 2.91. The molecule has 25 heavy (non-hydrogen) atoms. The van der Waals surface area contributed by atoms with Crippen molar-refractivity contribution in [1.29, 1.82) is 0 Å². The average Bonchev–Trinajstić information content (AvgIpc) is 2.84. The maximum atomic E-state index is 5.45. The van der Waals surface area contributed by atoms with Gasteiger partial charge in [0.05, 0.1) is 7.11 Å². The Kier molecular flexibility index (Phi) is 5.27. The Morgan fingerprint density at radius 3 is 2.72 bits per heavy atom. The summed E-state index contributed by atoms with van der Waals surface area (Å²) >= 11 is 3.72. The first kappa shape index (κ1) is 17.3. The van der Waals surface area contributed by atoms with E-state index in [2.05, 4.69) is 52.9 Å². The summed E-state index contributed by atoms with van der Waals surface area (Å²) < 4.78 is 5.45. The molecule has 1 fully saturated rings. The zero-order chi connectivity index (χ0) is 17.2. The molecule has 2 aliphatic heterocycles. The number of nitrogens with zero attached hydrogens (tertiary/aromatic N) is 1. The van der Waals surface area contributed by atoms with E-state index in [1.807, 2.05) is 23.5 Å². The monoisotopic (exact) mass is 372 g/mol. The highest BCUT2D eigenvalue weighted by atomic mass is 32.2. The molecule has 0 bridgehead atoms. The predicted molar refractivity (Wildman–Crippen MR) is 106 cm³/mol. The van der Waals surface area contributed by atoms with Crippen molar-refractivity contribution in [1.82, 2.24) is 10.2 Å². The van der Waals surface area contributed by atoms with Gasteiger partial charge in [0.1, 0.15) is 5.75 Å². The van der Waals surface area contributed by atoms with Gasteiger partial charge in [0.25, 0.3) is 0 Å². The van der Waals surface area contributed by atoms with E-state index >= 15 is 0 Å². The van der Waals surface area contributed by atoms with E-state index in [4.69, 9.17) is 4.74 Å². The molecule has 0 radical (unpaired) electrons. The largest absolute Gasteiger partial charge is 0.497 e. The van der Waals surface area contributed by atoms with Crippen molar-refractivity contribution in [2.45, 2.75) is 27.1 Å². The van der Waals surface area contributed by atoms with Gasteiger partial charge in [0.15, 0.2) is 0 Å². The number of hydrogen-bond donors (Lipinski definition) is 1.